The standard InChI is InChI=1S/C18H22N2O3S/c1-4-11-19-24(22,23)16-8-6-15(7-9-16)20-18(21)17-10-5-13(2)12-14(17)3/h5-10,12,19H,4,11H2,1-3H3,(H,20,21). The third kappa shape index (κ3) is 4.43. The highest BCUT2D eigenvalue weighted by atomic mass is 32.2. The van der Waals surface area contributed by atoms with Crippen LogP contribution in [0.15, 0.2) is 47.4 Å². The number of sulfonamides is 1. The van der Waals surface area contributed by atoms with Gasteiger partial charge in [-0.3, -0.25) is 4.79 Å². The summed E-state index contributed by atoms with van der Waals surface area (Å²) in [4.78, 5) is 12.5. The van der Waals surface area contributed by atoms with Crippen molar-refractivity contribution < 1.29 is 13.2 Å². The highest BCUT2D eigenvalue weighted by molar-refractivity contribution is 7.89. The maximum absolute atomic E-state index is 12.3. The lowest BCUT2D eigenvalue weighted by atomic mass is 10.1. The van der Waals surface area contributed by atoms with Crippen molar-refractivity contribution in [2.45, 2.75) is 32.1 Å². The Bertz CT molecular complexity index is 828. The van der Waals surface area contributed by atoms with Gasteiger partial charge in [0.25, 0.3) is 5.91 Å². The van der Waals surface area contributed by atoms with Gasteiger partial charge in [-0.2, -0.15) is 0 Å². The minimum Gasteiger partial charge on any atom is -0.322 e. The number of carbonyl (C=O) groups excluding carboxylic acids is 1. The second-order valence-corrected chi connectivity index (χ2v) is 7.46. The molecule has 0 aliphatic carbocycles. The molecule has 6 heteroatoms. The minimum absolute atomic E-state index is 0.181. The first-order chi connectivity index (χ1) is 11.3. The second kappa shape index (κ2) is 7.59. The fraction of sp³-hybridized carbons (Fsp3) is 0.278. The van der Waals surface area contributed by atoms with E-state index in [4.69, 9.17) is 0 Å². The Morgan fingerprint density at radius 2 is 1.71 bits per heavy atom. The topological polar surface area (TPSA) is 75.3 Å². The van der Waals surface area contributed by atoms with Crippen molar-refractivity contribution in [2.75, 3.05) is 11.9 Å². The van der Waals surface area contributed by atoms with Crippen molar-refractivity contribution in [2.24, 2.45) is 0 Å². The summed E-state index contributed by atoms with van der Waals surface area (Å²) in [5.41, 5.74) is 3.14. The van der Waals surface area contributed by atoms with Crippen molar-refractivity contribution in [1.82, 2.24) is 4.72 Å². The van der Waals surface area contributed by atoms with Gasteiger partial charge in [0, 0.05) is 17.8 Å². The molecule has 0 spiro atoms. The van der Waals surface area contributed by atoms with E-state index in [1.54, 1.807) is 18.2 Å². The van der Waals surface area contributed by atoms with Crippen LogP contribution in [0.2, 0.25) is 0 Å². The summed E-state index contributed by atoms with van der Waals surface area (Å²) in [6, 6.07) is 11.8. The van der Waals surface area contributed by atoms with Crippen LogP contribution in [0.5, 0.6) is 0 Å². The Hall–Kier alpha value is -2.18. The Kier molecular flexibility index (Phi) is 5.75. The number of amides is 1. The Labute approximate surface area is 143 Å². The number of rotatable bonds is 6. The zero-order valence-corrected chi connectivity index (χ0v) is 14.9. The molecule has 0 saturated carbocycles. The quantitative estimate of drug-likeness (QED) is 0.843. The van der Waals surface area contributed by atoms with Crippen molar-refractivity contribution in [3.8, 4) is 0 Å². The van der Waals surface area contributed by atoms with E-state index >= 15 is 0 Å². The molecule has 5 nitrogen and oxygen atoms in total. The summed E-state index contributed by atoms with van der Waals surface area (Å²) in [6.45, 7) is 6.15. The first-order valence-corrected chi connectivity index (χ1v) is 9.30. The van der Waals surface area contributed by atoms with Crippen LogP contribution in [0, 0.1) is 13.8 Å². The van der Waals surface area contributed by atoms with E-state index in [1.807, 2.05) is 32.9 Å². The van der Waals surface area contributed by atoms with Gasteiger partial charge in [-0.1, -0.05) is 24.6 Å². The van der Waals surface area contributed by atoms with E-state index in [-0.39, 0.29) is 10.8 Å². The fourth-order valence-electron chi connectivity index (χ4n) is 2.30. The number of benzene rings is 2. The van der Waals surface area contributed by atoms with Gasteiger partial charge >= 0.3 is 0 Å². The predicted octanol–water partition coefficient (Wildman–Crippen LogP) is 3.24. The second-order valence-electron chi connectivity index (χ2n) is 5.69. The van der Waals surface area contributed by atoms with Gasteiger partial charge in [-0.25, -0.2) is 13.1 Å². The van der Waals surface area contributed by atoms with E-state index in [0.29, 0.717) is 17.8 Å². The van der Waals surface area contributed by atoms with Crippen molar-refractivity contribution in [1.29, 1.82) is 0 Å². The molecule has 128 valence electrons. The molecule has 2 aromatic carbocycles. The lowest BCUT2D eigenvalue weighted by Gasteiger charge is -2.10. The zero-order chi connectivity index (χ0) is 17.7. The van der Waals surface area contributed by atoms with E-state index in [0.717, 1.165) is 17.5 Å². The number of anilines is 1. The van der Waals surface area contributed by atoms with Crippen molar-refractivity contribution in [3.05, 3.63) is 59.2 Å². The van der Waals surface area contributed by atoms with E-state index < -0.39 is 10.0 Å². The van der Waals surface area contributed by atoms with E-state index in [9.17, 15) is 13.2 Å². The zero-order valence-electron chi connectivity index (χ0n) is 14.1. The van der Waals surface area contributed by atoms with Crippen LogP contribution in [0.4, 0.5) is 5.69 Å². The summed E-state index contributed by atoms with van der Waals surface area (Å²) in [5.74, 6) is -0.216. The molecule has 0 heterocycles. The maximum Gasteiger partial charge on any atom is 0.255 e. The molecular weight excluding hydrogens is 324 g/mol. The smallest absolute Gasteiger partial charge is 0.255 e. The number of nitrogens with one attached hydrogen (secondary N) is 2. The molecule has 0 aliphatic heterocycles. The average molecular weight is 346 g/mol. The predicted molar refractivity (Wildman–Crippen MR) is 95.8 cm³/mol. The normalized spacial score (nSPS) is 11.3. The van der Waals surface area contributed by atoms with Gasteiger partial charge in [-0.05, 0) is 56.2 Å². The number of hydrogen-bond acceptors (Lipinski definition) is 3. The third-order valence-corrected chi connectivity index (χ3v) is 5.07. The summed E-state index contributed by atoms with van der Waals surface area (Å²) < 4.78 is 26.6. The number of carbonyl (C=O) groups is 1. The van der Waals surface area contributed by atoms with Crippen LogP contribution in [0.3, 0.4) is 0 Å². The first kappa shape index (κ1) is 18.2. The fourth-order valence-corrected chi connectivity index (χ4v) is 3.44. The van der Waals surface area contributed by atoms with Crippen LogP contribution in [-0.2, 0) is 10.0 Å². The van der Waals surface area contributed by atoms with Gasteiger partial charge in [0.2, 0.25) is 10.0 Å². The monoisotopic (exact) mass is 346 g/mol. The van der Waals surface area contributed by atoms with Gasteiger partial charge < -0.3 is 5.32 Å². The lowest BCUT2D eigenvalue weighted by molar-refractivity contribution is 0.102. The molecule has 0 atom stereocenters. The molecule has 0 radical (unpaired) electrons. The van der Waals surface area contributed by atoms with Crippen LogP contribution >= 0.6 is 0 Å². The molecule has 0 aliphatic rings. The molecular formula is C18H22N2O3S. The van der Waals surface area contributed by atoms with Crippen LogP contribution in [0.1, 0.15) is 34.8 Å². The SMILES string of the molecule is CCCNS(=O)(=O)c1ccc(NC(=O)c2ccc(C)cc2C)cc1. The van der Waals surface area contributed by atoms with Gasteiger partial charge in [0.1, 0.15) is 0 Å². The summed E-state index contributed by atoms with van der Waals surface area (Å²) in [6.07, 6.45) is 0.725. The van der Waals surface area contributed by atoms with E-state index in [1.165, 1.54) is 12.1 Å². The van der Waals surface area contributed by atoms with Crippen LogP contribution in [0.25, 0.3) is 0 Å². The largest absolute Gasteiger partial charge is 0.322 e. The Morgan fingerprint density at radius 3 is 2.29 bits per heavy atom. The van der Waals surface area contributed by atoms with Gasteiger partial charge in [-0.15, -0.1) is 0 Å². The number of hydrogen-bond donors (Lipinski definition) is 2. The summed E-state index contributed by atoms with van der Waals surface area (Å²) in [5, 5.41) is 2.79. The molecule has 0 fully saturated rings. The van der Waals surface area contributed by atoms with Gasteiger partial charge in [0.05, 0.1) is 4.90 Å². The lowest BCUT2D eigenvalue weighted by Crippen LogP contribution is -2.24. The van der Waals surface area contributed by atoms with Crippen LogP contribution in [-0.4, -0.2) is 20.9 Å². The Morgan fingerprint density at radius 1 is 1.04 bits per heavy atom. The van der Waals surface area contributed by atoms with Crippen molar-refractivity contribution >= 4 is 21.6 Å². The summed E-state index contributed by atoms with van der Waals surface area (Å²) >= 11 is 0. The molecule has 0 saturated heterocycles. The first-order valence-electron chi connectivity index (χ1n) is 7.82. The molecule has 2 N–H and O–H groups in total. The highest BCUT2D eigenvalue weighted by Gasteiger charge is 2.14. The third-order valence-electron chi connectivity index (χ3n) is 3.59. The van der Waals surface area contributed by atoms with Crippen molar-refractivity contribution in [3.63, 3.8) is 0 Å². The average Bonchev–Trinajstić information content (AvgIpc) is 2.53. The molecule has 0 aromatic heterocycles. The maximum atomic E-state index is 12.3. The highest BCUT2D eigenvalue weighted by Crippen LogP contribution is 2.17. The Balaban J connectivity index is 2.13. The minimum atomic E-state index is -3.49. The number of aryl methyl sites for hydroxylation is 2. The molecule has 0 bridgehead atoms. The molecule has 1 amide bonds. The van der Waals surface area contributed by atoms with Crippen LogP contribution < -0.4 is 10.0 Å². The molecule has 2 aromatic rings. The molecule has 2 rings (SSSR count). The molecule has 24 heavy (non-hydrogen) atoms. The summed E-state index contributed by atoms with van der Waals surface area (Å²) in [7, 11) is -3.49. The van der Waals surface area contributed by atoms with Gasteiger partial charge in [0.15, 0.2) is 0 Å². The molecule has 0 unspecified atom stereocenters. The van der Waals surface area contributed by atoms with E-state index in [2.05, 4.69) is 10.0 Å².